The largest absolute Gasteiger partial charge is 0.345 e. The number of benzene rings is 1. The Morgan fingerprint density at radius 2 is 1.96 bits per heavy atom. The van der Waals surface area contributed by atoms with E-state index in [1.165, 1.54) is 56.4 Å². The van der Waals surface area contributed by atoms with Crippen molar-refractivity contribution in [3.63, 3.8) is 0 Å². The second-order valence-corrected chi connectivity index (χ2v) is 8.58. The predicted octanol–water partition coefficient (Wildman–Crippen LogP) is 3.70. The minimum Gasteiger partial charge on any atom is -0.345 e. The first-order valence-electron chi connectivity index (χ1n) is 10.3. The van der Waals surface area contributed by atoms with Crippen molar-refractivity contribution >= 4 is 5.91 Å². The Hall–Kier alpha value is -2.20. The Bertz CT molecular complexity index is 823. The van der Waals surface area contributed by atoms with E-state index in [4.69, 9.17) is 0 Å². The Balaban J connectivity index is 1.34. The quantitative estimate of drug-likeness (QED) is 0.903. The number of nitrogens with one attached hydrogen (secondary N) is 1. The van der Waals surface area contributed by atoms with Crippen LogP contribution in [0.1, 0.15) is 59.6 Å². The van der Waals surface area contributed by atoms with Crippen LogP contribution in [-0.2, 0) is 5.41 Å². The normalized spacial score (nSPS) is 23.9. The second-order valence-electron chi connectivity index (χ2n) is 8.58. The van der Waals surface area contributed by atoms with E-state index in [2.05, 4.69) is 39.5 Å². The summed E-state index contributed by atoms with van der Waals surface area (Å²) in [5, 5.41) is 3.28. The van der Waals surface area contributed by atoms with Crippen LogP contribution in [0.25, 0.3) is 0 Å². The first-order chi connectivity index (χ1) is 13.2. The van der Waals surface area contributed by atoms with Crippen LogP contribution in [0.5, 0.6) is 0 Å². The smallest absolute Gasteiger partial charge is 0.253 e. The van der Waals surface area contributed by atoms with Crippen LogP contribution < -0.4 is 5.32 Å². The molecule has 140 valence electrons. The molecule has 27 heavy (non-hydrogen) atoms. The lowest BCUT2D eigenvalue weighted by Gasteiger charge is -2.40. The van der Waals surface area contributed by atoms with Crippen LogP contribution in [0.15, 0.2) is 48.8 Å². The van der Waals surface area contributed by atoms with Crippen molar-refractivity contribution in [1.29, 1.82) is 0 Å². The van der Waals surface area contributed by atoms with Crippen LogP contribution in [0.2, 0.25) is 0 Å². The number of aromatic nitrogens is 1. The molecule has 1 aliphatic heterocycles. The maximum Gasteiger partial charge on any atom is 0.253 e. The van der Waals surface area contributed by atoms with Crippen molar-refractivity contribution < 1.29 is 4.79 Å². The lowest BCUT2D eigenvalue weighted by molar-refractivity contribution is 0.0924. The Morgan fingerprint density at radius 3 is 2.70 bits per heavy atom. The maximum absolute atomic E-state index is 12.7. The Labute approximate surface area is 161 Å². The van der Waals surface area contributed by atoms with Gasteiger partial charge in [-0.2, -0.15) is 0 Å². The molecule has 4 heteroatoms. The van der Waals surface area contributed by atoms with Gasteiger partial charge in [0, 0.05) is 24.4 Å². The molecule has 2 aliphatic carbocycles. The zero-order valence-electron chi connectivity index (χ0n) is 15.7. The van der Waals surface area contributed by atoms with Crippen molar-refractivity contribution in [2.45, 2.75) is 43.6 Å². The molecule has 4 nitrogen and oxygen atoms in total. The lowest BCUT2D eigenvalue weighted by Crippen LogP contribution is -2.42. The molecule has 1 spiro atoms. The third-order valence-corrected chi connectivity index (χ3v) is 6.76. The number of pyridine rings is 1. The maximum atomic E-state index is 12.7. The fourth-order valence-electron chi connectivity index (χ4n) is 5.06. The number of rotatable bonds is 4. The number of carbonyl (C=O) groups excluding carboxylic acids is 1. The van der Waals surface area contributed by atoms with Gasteiger partial charge in [0.15, 0.2) is 0 Å². The first kappa shape index (κ1) is 16.9. The molecule has 0 radical (unpaired) electrons. The van der Waals surface area contributed by atoms with Crippen LogP contribution >= 0.6 is 0 Å². The van der Waals surface area contributed by atoms with Gasteiger partial charge >= 0.3 is 0 Å². The molecule has 2 heterocycles. The molecule has 1 aromatic heterocycles. The number of fused-ring (bicyclic) bond motifs is 2. The molecular weight excluding hydrogens is 334 g/mol. The number of hydrogen-bond donors (Lipinski definition) is 1. The van der Waals surface area contributed by atoms with E-state index in [0.717, 1.165) is 12.3 Å². The minimum atomic E-state index is -0.0221. The number of piperidine rings is 1. The van der Waals surface area contributed by atoms with Gasteiger partial charge in [-0.3, -0.25) is 9.78 Å². The molecule has 1 saturated carbocycles. The van der Waals surface area contributed by atoms with E-state index >= 15 is 0 Å². The molecule has 1 saturated heterocycles. The molecule has 1 aromatic carbocycles. The highest BCUT2D eigenvalue weighted by Gasteiger charge is 2.46. The Morgan fingerprint density at radius 1 is 1.15 bits per heavy atom. The van der Waals surface area contributed by atoms with Gasteiger partial charge in [-0.25, -0.2) is 0 Å². The topological polar surface area (TPSA) is 45.2 Å². The monoisotopic (exact) mass is 361 g/mol. The van der Waals surface area contributed by atoms with Crippen molar-refractivity contribution in [3.8, 4) is 0 Å². The summed E-state index contributed by atoms with van der Waals surface area (Å²) in [6.45, 7) is 3.67. The summed E-state index contributed by atoms with van der Waals surface area (Å²) in [5.74, 6) is 0.938. The van der Waals surface area contributed by atoms with Crippen LogP contribution in [0.4, 0.5) is 0 Å². The third kappa shape index (κ3) is 3.27. The summed E-state index contributed by atoms with van der Waals surface area (Å²) in [6.07, 6.45) is 9.62. The highest BCUT2D eigenvalue weighted by atomic mass is 16.1. The summed E-state index contributed by atoms with van der Waals surface area (Å²) < 4.78 is 0. The van der Waals surface area contributed by atoms with Crippen LogP contribution in [0, 0.1) is 5.92 Å². The number of hydrogen-bond acceptors (Lipinski definition) is 3. The van der Waals surface area contributed by atoms with E-state index in [-0.39, 0.29) is 17.4 Å². The molecule has 1 N–H and O–H groups in total. The van der Waals surface area contributed by atoms with E-state index < -0.39 is 0 Å². The fourth-order valence-corrected chi connectivity index (χ4v) is 5.06. The number of likely N-dealkylation sites (tertiary alicyclic amines) is 1. The SMILES string of the molecule is O=C(NC1CC2(CCN(CC3CC3)CC2)c2ccccc21)c1cccnc1. The lowest BCUT2D eigenvalue weighted by atomic mass is 9.73. The highest BCUT2D eigenvalue weighted by molar-refractivity contribution is 5.94. The number of carbonyl (C=O) groups is 1. The third-order valence-electron chi connectivity index (χ3n) is 6.76. The van der Waals surface area contributed by atoms with Crippen molar-refractivity contribution in [2.75, 3.05) is 19.6 Å². The summed E-state index contributed by atoms with van der Waals surface area (Å²) in [5.41, 5.74) is 3.64. The molecule has 2 fully saturated rings. The fraction of sp³-hybridized carbons (Fsp3) is 0.478. The average Bonchev–Trinajstić information content (AvgIpc) is 3.49. The van der Waals surface area contributed by atoms with Crippen molar-refractivity contribution in [3.05, 3.63) is 65.5 Å². The molecule has 1 unspecified atom stereocenters. The summed E-state index contributed by atoms with van der Waals surface area (Å²) in [4.78, 5) is 19.4. The van der Waals surface area contributed by atoms with Gasteiger partial charge < -0.3 is 10.2 Å². The standard InChI is InChI=1S/C23H27N3O/c27-22(18-4-3-11-24-15-18)25-21-14-23(20-6-2-1-5-19(20)21)9-12-26(13-10-23)16-17-7-8-17/h1-6,11,15,17,21H,7-10,12-14,16H2,(H,25,27). The highest BCUT2D eigenvalue weighted by Crippen LogP contribution is 2.51. The molecule has 2 aromatic rings. The van der Waals surface area contributed by atoms with E-state index in [1.807, 2.05) is 12.1 Å². The van der Waals surface area contributed by atoms with E-state index in [0.29, 0.717) is 5.56 Å². The molecule has 1 amide bonds. The Kier molecular flexibility index (Phi) is 4.24. The zero-order valence-corrected chi connectivity index (χ0v) is 15.7. The van der Waals surface area contributed by atoms with E-state index in [1.54, 1.807) is 12.4 Å². The second kappa shape index (κ2) is 6.75. The van der Waals surface area contributed by atoms with Gasteiger partial charge in [-0.05, 0) is 74.4 Å². The van der Waals surface area contributed by atoms with Gasteiger partial charge in [0.05, 0.1) is 11.6 Å². The minimum absolute atomic E-state index is 0.0221. The first-order valence-corrected chi connectivity index (χ1v) is 10.3. The molecule has 3 aliphatic rings. The summed E-state index contributed by atoms with van der Waals surface area (Å²) >= 11 is 0. The van der Waals surface area contributed by atoms with Gasteiger partial charge in [-0.15, -0.1) is 0 Å². The van der Waals surface area contributed by atoms with Crippen LogP contribution in [0.3, 0.4) is 0 Å². The van der Waals surface area contributed by atoms with Crippen molar-refractivity contribution in [2.24, 2.45) is 5.92 Å². The van der Waals surface area contributed by atoms with Gasteiger partial charge in [0.25, 0.3) is 5.91 Å². The van der Waals surface area contributed by atoms with Gasteiger partial charge in [-0.1, -0.05) is 24.3 Å². The summed E-state index contributed by atoms with van der Waals surface area (Å²) in [7, 11) is 0. The number of amides is 1. The zero-order chi connectivity index (χ0) is 18.3. The summed E-state index contributed by atoms with van der Waals surface area (Å²) in [6, 6.07) is 12.5. The average molecular weight is 361 g/mol. The van der Waals surface area contributed by atoms with Crippen molar-refractivity contribution in [1.82, 2.24) is 15.2 Å². The van der Waals surface area contributed by atoms with Crippen LogP contribution in [-0.4, -0.2) is 35.4 Å². The number of nitrogens with zero attached hydrogens (tertiary/aromatic N) is 2. The molecule has 0 bridgehead atoms. The van der Waals surface area contributed by atoms with E-state index in [9.17, 15) is 4.79 Å². The van der Waals surface area contributed by atoms with Gasteiger partial charge in [0.1, 0.15) is 0 Å². The molecular formula is C23H27N3O. The molecule has 1 atom stereocenters. The predicted molar refractivity (Wildman–Crippen MR) is 106 cm³/mol. The van der Waals surface area contributed by atoms with Gasteiger partial charge in [0.2, 0.25) is 0 Å². The molecule has 5 rings (SSSR count).